The Bertz CT molecular complexity index is 121. The second-order valence-corrected chi connectivity index (χ2v) is 1.82. The summed E-state index contributed by atoms with van der Waals surface area (Å²) in [5.41, 5.74) is 0. The van der Waals surface area contributed by atoms with Gasteiger partial charge in [-0.15, -0.1) is 0 Å². The summed E-state index contributed by atoms with van der Waals surface area (Å²) in [5.74, 6) is -0.507. The first-order chi connectivity index (χ1) is 2.39. The van der Waals surface area contributed by atoms with E-state index in [0.29, 0.717) is 0 Å². The molecule has 0 fully saturated rings. The van der Waals surface area contributed by atoms with E-state index in [-0.39, 0.29) is 0 Å². The Morgan fingerprint density at radius 2 is 2.00 bits per heavy atom. The molecule has 0 bridgehead atoms. The van der Waals surface area contributed by atoms with E-state index in [1.165, 1.54) is 0 Å². The summed E-state index contributed by atoms with van der Waals surface area (Å²) in [5, 5.41) is 0. The Morgan fingerprint density at radius 1 is 1.60 bits per heavy atom. The maximum absolute atomic E-state index is 9.49. The number of hydrogen-bond donors (Lipinski definition) is 0. The third-order valence-corrected chi connectivity index (χ3v) is 1.37. The molecule has 0 aliphatic rings. The minimum absolute atomic E-state index is 0.507. The predicted octanol–water partition coefficient (Wildman–Crippen LogP) is -0.710. The van der Waals surface area contributed by atoms with Gasteiger partial charge in [-0.3, -0.25) is 0 Å². The van der Waals surface area contributed by atoms with Crippen LogP contribution in [0.1, 0.15) is 0 Å². The summed E-state index contributed by atoms with van der Waals surface area (Å²) in [6, 6.07) is 0. The maximum atomic E-state index is 9.49. The van der Waals surface area contributed by atoms with E-state index in [9.17, 15) is 4.79 Å². The average Bonchev–Trinajstić information content (AvgIpc) is 1.30. The van der Waals surface area contributed by atoms with Gasteiger partial charge < -0.3 is 0 Å². The molecule has 1 rings (SSSR count). The Hall–Kier alpha value is 0.0596. The van der Waals surface area contributed by atoms with Crippen molar-refractivity contribution in [3.63, 3.8) is 0 Å². The van der Waals surface area contributed by atoms with Crippen molar-refractivity contribution in [2.75, 3.05) is 0 Å². The fourth-order valence-electron chi connectivity index (χ4n) is 0.0618. The molecule has 0 saturated carbocycles. The van der Waals surface area contributed by atoms with Crippen LogP contribution in [0.4, 0.5) is 0 Å². The molecule has 1 aromatic heterocycles. The molecule has 4 heteroatoms. The number of rotatable bonds is 0. The molecule has 0 saturated heterocycles. The van der Waals surface area contributed by atoms with Gasteiger partial charge in [-0.2, -0.15) is 0 Å². The topological polar surface area (TPSA) is 43.4 Å². The zero-order chi connectivity index (χ0) is 3.70. The summed E-state index contributed by atoms with van der Waals surface area (Å²) in [7, 11) is 0. The predicted molar refractivity (Wildman–Crippen MR) is 14.2 cm³/mol. The number of hydrogen-bond acceptors (Lipinski definition) is 3. The Kier molecular flexibility index (Phi) is 0.674. The zero-order valence-electron chi connectivity index (χ0n) is 2.13. The van der Waals surface area contributed by atoms with Crippen molar-refractivity contribution in [2.24, 2.45) is 0 Å². The summed E-state index contributed by atoms with van der Waals surface area (Å²) >= 11 is -0.733. The van der Waals surface area contributed by atoms with E-state index in [1.54, 1.807) is 0 Å². The van der Waals surface area contributed by atoms with Gasteiger partial charge in [0.2, 0.25) is 0 Å². The van der Waals surface area contributed by atoms with Crippen molar-refractivity contribution in [3.8, 4) is 0 Å². The van der Waals surface area contributed by atoms with E-state index in [1.807, 2.05) is 0 Å². The van der Waals surface area contributed by atoms with Crippen LogP contribution in [0, 0.1) is 0 Å². The van der Waals surface area contributed by atoms with Crippen LogP contribution in [-0.4, -0.2) is 21.3 Å². The normalized spacial score (nSPS) is 8.80. The quantitative estimate of drug-likeness (QED) is 0.504. The second kappa shape index (κ2) is 1.03. The van der Waals surface area contributed by atoms with Gasteiger partial charge in [0.25, 0.3) is 0 Å². The fraction of sp³-hybridized carbons (Fsp3) is 0. The van der Waals surface area contributed by atoms with Crippen LogP contribution < -0.4 is 5.82 Å². The molecule has 28 valence electrons. The first kappa shape index (κ1) is 3.26. The molecule has 0 spiro atoms. The van der Waals surface area contributed by atoms with Gasteiger partial charge in [-0.1, -0.05) is 0 Å². The molecule has 0 aliphatic heterocycles. The van der Waals surface area contributed by atoms with E-state index in [2.05, 4.69) is 5.51 Å². The van der Waals surface area contributed by atoms with Crippen LogP contribution in [0.25, 0.3) is 0 Å². The molecule has 0 amide bonds. The van der Waals surface area contributed by atoms with Crippen molar-refractivity contribution in [1.82, 2.24) is 0 Å². The average molecular weight is 188 g/mol. The SMILES string of the molecule is O=c1o[te]o1. The summed E-state index contributed by atoms with van der Waals surface area (Å²) in [6.45, 7) is 0. The molecule has 5 heavy (non-hydrogen) atoms. The van der Waals surface area contributed by atoms with Gasteiger partial charge in [0.15, 0.2) is 0 Å². The molecule has 1 heterocycles. The zero-order valence-corrected chi connectivity index (χ0v) is 4.46. The molecule has 0 aromatic carbocycles. The molecular formula is CO3Te. The van der Waals surface area contributed by atoms with Crippen LogP contribution in [-0.2, 0) is 0 Å². The van der Waals surface area contributed by atoms with Crippen molar-refractivity contribution >= 4 is 21.3 Å². The van der Waals surface area contributed by atoms with Crippen LogP contribution in [0.3, 0.4) is 0 Å². The van der Waals surface area contributed by atoms with Crippen molar-refractivity contribution < 1.29 is 5.51 Å². The molecule has 0 atom stereocenters. The molecule has 0 aliphatic carbocycles. The van der Waals surface area contributed by atoms with Gasteiger partial charge in [0, 0.05) is 0 Å². The van der Waals surface area contributed by atoms with E-state index in [0.717, 1.165) is 0 Å². The molecule has 3 nitrogen and oxygen atoms in total. The molecule has 0 radical (unpaired) electrons. The summed E-state index contributed by atoms with van der Waals surface area (Å²) in [6.07, 6.45) is 0. The molecule has 0 N–H and O–H groups in total. The van der Waals surface area contributed by atoms with Crippen molar-refractivity contribution in [2.45, 2.75) is 0 Å². The van der Waals surface area contributed by atoms with Crippen molar-refractivity contribution in [3.05, 3.63) is 10.6 Å². The molecule has 0 unspecified atom stereocenters. The van der Waals surface area contributed by atoms with Crippen LogP contribution in [0.15, 0.2) is 10.3 Å². The van der Waals surface area contributed by atoms with Crippen LogP contribution >= 0.6 is 0 Å². The Labute approximate surface area is 37.9 Å². The first-order valence-electron chi connectivity index (χ1n) is 0.946. The first-order valence-corrected chi connectivity index (χ1v) is 2.85. The van der Waals surface area contributed by atoms with E-state index in [4.69, 9.17) is 0 Å². The van der Waals surface area contributed by atoms with Gasteiger partial charge in [-0.05, 0) is 0 Å². The molecule has 1 aromatic rings. The second-order valence-electron chi connectivity index (χ2n) is 0.485. The van der Waals surface area contributed by atoms with Gasteiger partial charge >= 0.3 is 37.4 Å². The summed E-state index contributed by atoms with van der Waals surface area (Å²) in [4.78, 5) is 9.49. The monoisotopic (exact) mass is 190 g/mol. The Balaban J connectivity index is 3.29. The van der Waals surface area contributed by atoms with Gasteiger partial charge in [-0.25, -0.2) is 0 Å². The standard InChI is InChI=1S/CO3Te/c2-1-3-5-4-1. The van der Waals surface area contributed by atoms with Gasteiger partial charge in [0.1, 0.15) is 0 Å². The fourth-order valence-corrected chi connectivity index (χ4v) is 0.415. The third kappa shape index (κ3) is 0.469. The van der Waals surface area contributed by atoms with E-state index >= 15 is 0 Å². The van der Waals surface area contributed by atoms with Crippen molar-refractivity contribution in [1.29, 1.82) is 0 Å². The minimum atomic E-state index is -0.733. The summed E-state index contributed by atoms with van der Waals surface area (Å²) < 4.78 is 8.40. The Morgan fingerprint density at radius 3 is 2.00 bits per heavy atom. The van der Waals surface area contributed by atoms with Crippen LogP contribution in [0.5, 0.6) is 0 Å². The molecular weight excluding hydrogens is 188 g/mol. The third-order valence-electron chi connectivity index (χ3n) is 0.204. The van der Waals surface area contributed by atoms with Gasteiger partial charge in [0.05, 0.1) is 0 Å². The van der Waals surface area contributed by atoms with Crippen LogP contribution in [0.2, 0.25) is 0 Å². The van der Waals surface area contributed by atoms with E-state index < -0.39 is 27.1 Å².